The minimum absolute atomic E-state index is 0.135. The molecule has 0 saturated heterocycles. The van der Waals surface area contributed by atoms with E-state index in [1.54, 1.807) is 0 Å². The van der Waals surface area contributed by atoms with Crippen molar-refractivity contribution in [2.24, 2.45) is 53.3 Å². The van der Waals surface area contributed by atoms with Gasteiger partial charge in [0.05, 0.1) is 13.2 Å². The summed E-state index contributed by atoms with van der Waals surface area (Å²) in [6.07, 6.45) is 19.7. The molecule has 0 amide bonds. The van der Waals surface area contributed by atoms with Gasteiger partial charge in [-0.2, -0.15) is 0 Å². The molecule has 1 aromatic heterocycles. The molecular weight excluding hydrogens is 895 g/mol. The number of benzene rings is 6. The van der Waals surface area contributed by atoms with E-state index < -0.39 is 0 Å². The number of carbonyl (C=O) groups is 2. The van der Waals surface area contributed by atoms with Gasteiger partial charge >= 0.3 is 11.9 Å². The van der Waals surface area contributed by atoms with Crippen LogP contribution in [0.25, 0.3) is 44.1 Å². The van der Waals surface area contributed by atoms with Crippen molar-refractivity contribution in [1.29, 1.82) is 0 Å². The molecule has 0 spiro atoms. The summed E-state index contributed by atoms with van der Waals surface area (Å²) in [5.41, 5.74) is 11.4. The van der Waals surface area contributed by atoms with Gasteiger partial charge in [-0.25, -0.2) is 0 Å². The molecule has 73 heavy (non-hydrogen) atoms. The quantitative estimate of drug-likeness (QED) is 0.0805. The summed E-state index contributed by atoms with van der Waals surface area (Å²) in [6.45, 7) is 18.2. The predicted molar refractivity (Wildman–Crippen MR) is 298 cm³/mol. The highest BCUT2D eigenvalue weighted by Crippen LogP contribution is 2.48. The summed E-state index contributed by atoms with van der Waals surface area (Å²) in [6, 6.07) is 50.4. The highest BCUT2D eigenvalue weighted by Gasteiger charge is 2.39. The number of carbonyl (C=O) groups excluding carboxylic acids is 2. The Bertz CT molecular complexity index is 3100. The largest absolute Gasteiger partial charge is 0.465 e. The lowest BCUT2D eigenvalue weighted by atomic mass is 9.93. The zero-order valence-electron chi connectivity index (χ0n) is 41.9. The number of ether oxygens (including phenoxy) is 2. The second-order valence-electron chi connectivity index (χ2n) is 21.4. The van der Waals surface area contributed by atoms with Crippen molar-refractivity contribution in [3.8, 4) is 22.3 Å². The number of aromatic nitrogens is 1. The van der Waals surface area contributed by atoms with Gasteiger partial charge in [0.15, 0.2) is 0 Å². The molecule has 5 aliphatic carbocycles. The standard InChI is InChI=1S/C44H43NO2.C24H24O2/c1-3-29-23-32(34(24-29)28-47-44(46)43-39-17-7-5-13-35(39)36-14-6-8-18-40(36)43)22-21-30-25-31(4-2)33(26-30)27-45-41-19-11-9-15-37(41)38-16-10-12-20-42(38)45;1-3-16-13-17(4-2)18(14-16)15-26-24(25)23-21-11-7-5-9-19(21)20-10-6-8-12-22(20)23/h3-22,29-34,43H,1-2,23-28H2;3-12,16-18,23H,1-2,13-15H2/b22-21-;. The molecule has 9 atom stereocenters. The lowest BCUT2D eigenvalue weighted by molar-refractivity contribution is -0.146. The molecule has 0 N–H and O–H groups in total. The lowest BCUT2D eigenvalue weighted by Gasteiger charge is -2.19. The molecule has 368 valence electrons. The second-order valence-corrected chi connectivity index (χ2v) is 21.4. The van der Waals surface area contributed by atoms with E-state index in [0.29, 0.717) is 66.5 Å². The van der Waals surface area contributed by atoms with Gasteiger partial charge in [0.1, 0.15) is 11.8 Å². The fraction of sp³-hybridized carbons (Fsp3) is 0.294. The summed E-state index contributed by atoms with van der Waals surface area (Å²) in [5, 5.41) is 2.66. The molecule has 0 radical (unpaired) electrons. The number of fused-ring (bicyclic) bond motifs is 9. The summed E-state index contributed by atoms with van der Waals surface area (Å²) in [5.74, 6) is 2.97. The Morgan fingerprint density at radius 2 is 0.795 bits per heavy atom. The van der Waals surface area contributed by atoms with Crippen molar-refractivity contribution in [2.45, 2.75) is 56.9 Å². The third-order valence-corrected chi connectivity index (χ3v) is 17.4. The number of rotatable bonds is 14. The molecule has 5 heteroatoms. The van der Waals surface area contributed by atoms with Crippen LogP contribution in [-0.4, -0.2) is 29.7 Å². The van der Waals surface area contributed by atoms with Crippen LogP contribution in [-0.2, 0) is 25.6 Å². The molecule has 3 fully saturated rings. The molecule has 5 nitrogen and oxygen atoms in total. The maximum atomic E-state index is 13.7. The van der Waals surface area contributed by atoms with E-state index in [1.807, 2.05) is 72.8 Å². The van der Waals surface area contributed by atoms with Crippen LogP contribution >= 0.6 is 0 Å². The molecule has 7 aromatic rings. The smallest absolute Gasteiger partial charge is 0.317 e. The van der Waals surface area contributed by atoms with Gasteiger partial charge in [-0.3, -0.25) is 9.59 Å². The number of allylic oxidation sites excluding steroid dienone is 6. The molecule has 6 aromatic carbocycles. The van der Waals surface area contributed by atoms with Crippen LogP contribution in [0.1, 0.15) is 72.6 Å². The number of esters is 2. The van der Waals surface area contributed by atoms with Gasteiger partial charge < -0.3 is 14.0 Å². The molecule has 9 unspecified atom stereocenters. The van der Waals surface area contributed by atoms with Crippen molar-refractivity contribution in [3.05, 3.63) is 231 Å². The van der Waals surface area contributed by atoms with E-state index in [9.17, 15) is 9.59 Å². The van der Waals surface area contributed by atoms with Crippen molar-refractivity contribution < 1.29 is 19.1 Å². The summed E-state index contributed by atoms with van der Waals surface area (Å²) >= 11 is 0. The van der Waals surface area contributed by atoms with Crippen LogP contribution in [0.5, 0.6) is 0 Å². The second kappa shape index (κ2) is 21.1. The van der Waals surface area contributed by atoms with Crippen LogP contribution in [0.15, 0.2) is 208 Å². The van der Waals surface area contributed by atoms with E-state index in [4.69, 9.17) is 9.47 Å². The average Bonchev–Trinajstić information content (AvgIpc) is 4.31. The maximum absolute atomic E-state index is 13.7. The van der Waals surface area contributed by atoms with Crippen LogP contribution in [0.2, 0.25) is 0 Å². The first-order valence-corrected chi connectivity index (χ1v) is 26.7. The first kappa shape index (κ1) is 48.1. The van der Waals surface area contributed by atoms with Gasteiger partial charge in [0, 0.05) is 28.4 Å². The Morgan fingerprint density at radius 1 is 0.425 bits per heavy atom. The van der Waals surface area contributed by atoms with Gasteiger partial charge in [0.2, 0.25) is 0 Å². The Morgan fingerprint density at radius 3 is 1.25 bits per heavy atom. The van der Waals surface area contributed by atoms with Crippen LogP contribution in [0.4, 0.5) is 0 Å². The number of para-hydroxylation sites is 2. The Kier molecular flexibility index (Phi) is 13.9. The predicted octanol–water partition coefficient (Wildman–Crippen LogP) is 15.7. The first-order valence-electron chi connectivity index (χ1n) is 26.7. The molecule has 12 rings (SSSR count). The van der Waals surface area contributed by atoms with E-state index in [1.165, 1.54) is 21.8 Å². The molecule has 5 aliphatic rings. The molecule has 1 heterocycles. The number of hydrogen-bond donors (Lipinski definition) is 0. The lowest BCUT2D eigenvalue weighted by Crippen LogP contribution is -2.21. The number of nitrogens with zero attached hydrogens (tertiary/aromatic N) is 1. The third-order valence-electron chi connectivity index (χ3n) is 17.4. The number of hydrogen-bond acceptors (Lipinski definition) is 4. The van der Waals surface area contributed by atoms with Crippen LogP contribution < -0.4 is 0 Å². The first-order chi connectivity index (χ1) is 35.8. The minimum atomic E-state index is -0.353. The summed E-state index contributed by atoms with van der Waals surface area (Å²) in [7, 11) is 0. The molecular formula is C68H67NO4. The Hall–Kier alpha value is -7.24. The Labute approximate surface area is 431 Å². The van der Waals surface area contributed by atoms with Crippen molar-refractivity contribution >= 4 is 33.7 Å². The highest BCUT2D eigenvalue weighted by molar-refractivity contribution is 6.08. The van der Waals surface area contributed by atoms with E-state index in [0.717, 1.165) is 89.6 Å². The molecule has 0 bridgehead atoms. The highest BCUT2D eigenvalue weighted by atomic mass is 16.5. The average molecular weight is 962 g/mol. The van der Waals surface area contributed by atoms with E-state index in [2.05, 4.69) is 140 Å². The van der Waals surface area contributed by atoms with Crippen molar-refractivity contribution in [3.63, 3.8) is 0 Å². The van der Waals surface area contributed by atoms with E-state index >= 15 is 0 Å². The summed E-state index contributed by atoms with van der Waals surface area (Å²) in [4.78, 5) is 26.7. The van der Waals surface area contributed by atoms with Crippen LogP contribution in [0, 0.1) is 53.3 Å². The van der Waals surface area contributed by atoms with E-state index in [-0.39, 0.29) is 23.8 Å². The van der Waals surface area contributed by atoms with Crippen LogP contribution in [0.3, 0.4) is 0 Å². The maximum Gasteiger partial charge on any atom is 0.317 e. The monoisotopic (exact) mass is 962 g/mol. The minimum Gasteiger partial charge on any atom is -0.465 e. The Balaban J connectivity index is 0.000000186. The fourth-order valence-corrected chi connectivity index (χ4v) is 13.7. The molecule has 3 saturated carbocycles. The van der Waals surface area contributed by atoms with Gasteiger partial charge in [-0.1, -0.05) is 170 Å². The van der Waals surface area contributed by atoms with Gasteiger partial charge in [-0.15, -0.1) is 26.3 Å². The van der Waals surface area contributed by atoms with Gasteiger partial charge in [-0.05, 0) is 148 Å². The zero-order valence-corrected chi connectivity index (χ0v) is 41.9. The topological polar surface area (TPSA) is 57.5 Å². The van der Waals surface area contributed by atoms with Crippen molar-refractivity contribution in [2.75, 3.05) is 13.2 Å². The zero-order chi connectivity index (χ0) is 50.0. The van der Waals surface area contributed by atoms with Gasteiger partial charge in [0.25, 0.3) is 0 Å². The fourth-order valence-electron chi connectivity index (χ4n) is 13.7. The molecule has 0 aliphatic heterocycles. The normalized spacial score (nSPS) is 24.8. The SMILES string of the molecule is C=CC1CC(/C=C\C2CC(C=C)C(Cn3c4ccccc4c4ccccc43)C2)C(COC(=O)C2c3ccccc3-c3ccccc32)C1.C=CC1CC(C=C)C(COC(=O)C2c3ccccc3-c3ccccc32)C1. The third kappa shape index (κ3) is 9.28. The summed E-state index contributed by atoms with van der Waals surface area (Å²) < 4.78 is 14.5. The van der Waals surface area contributed by atoms with Crippen molar-refractivity contribution in [1.82, 2.24) is 4.57 Å².